The van der Waals surface area contributed by atoms with E-state index >= 15 is 0 Å². The molecule has 1 aromatic rings. The molecule has 0 aliphatic heterocycles. The van der Waals surface area contributed by atoms with Gasteiger partial charge in [0.15, 0.2) is 11.6 Å². The van der Waals surface area contributed by atoms with E-state index in [-0.39, 0.29) is 6.10 Å². The first-order valence-corrected chi connectivity index (χ1v) is 4.12. The molecule has 1 aliphatic carbocycles. The summed E-state index contributed by atoms with van der Waals surface area (Å²) >= 11 is 0. The molecule has 0 unspecified atom stereocenters. The lowest BCUT2D eigenvalue weighted by Gasteiger charge is -2.05. The molecule has 0 atom stereocenters. The van der Waals surface area contributed by atoms with Gasteiger partial charge < -0.3 is 10.5 Å². The fourth-order valence-electron chi connectivity index (χ4n) is 0.976. The van der Waals surface area contributed by atoms with Gasteiger partial charge >= 0.3 is 0 Å². The molecule has 1 fully saturated rings. The first-order chi connectivity index (χ1) is 6.29. The molecule has 0 amide bonds. The molecule has 1 saturated carbocycles. The van der Waals surface area contributed by atoms with E-state index in [0.717, 1.165) is 12.8 Å². The molecule has 1 heterocycles. The van der Waals surface area contributed by atoms with Crippen LogP contribution in [-0.2, 0) is 0 Å². The van der Waals surface area contributed by atoms with Crippen LogP contribution >= 0.6 is 0 Å². The number of pyridine rings is 1. The zero-order chi connectivity index (χ0) is 9.26. The van der Waals surface area contributed by atoms with Gasteiger partial charge in [-0.05, 0) is 12.8 Å². The molecule has 4 nitrogen and oxygen atoms in total. The lowest BCUT2D eigenvalue weighted by atomic mass is 10.3. The third-order valence-corrected chi connectivity index (χ3v) is 1.83. The van der Waals surface area contributed by atoms with Crippen molar-refractivity contribution in [2.45, 2.75) is 18.9 Å². The van der Waals surface area contributed by atoms with E-state index in [0.29, 0.717) is 17.1 Å². The summed E-state index contributed by atoms with van der Waals surface area (Å²) in [5.74, 6) is 0.882. The van der Waals surface area contributed by atoms with E-state index in [4.69, 9.17) is 15.7 Å². The van der Waals surface area contributed by atoms with Crippen molar-refractivity contribution < 1.29 is 4.74 Å². The summed E-state index contributed by atoms with van der Waals surface area (Å²) in [4.78, 5) is 3.86. The molecule has 0 spiro atoms. The maximum absolute atomic E-state index is 8.62. The van der Waals surface area contributed by atoms with Gasteiger partial charge in [0, 0.05) is 12.3 Å². The summed E-state index contributed by atoms with van der Waals surface area (Å²) in [7, 11) is 0. The molecule has 1 aliphatic rings. The highest BCUT2D eigenvalue weighted by molar-refractivity contribution is 5.49. The molecule has 0 saturated heterocycles. The Kier molecular flexibility index (Phi) is 1.78. The topological polar surface area (TPSA) is 71.9 Å². The minimum atomic E-state index is 0.276. The molecule has 2 rings (SSSR count). The van der Waals surface area contributed by atoms with Gasteiger partial charge in [-0.1, -0.05) is 0 Å². The monoisotopic (exact) mass is 175 g/mol. The number of nitrogen functional groups attached to an aromatic ring is 1. The smallest absolute Gasteiger partial charge is 0.166 e. The minimum Gasteiger partial charge on any atom is -0.487 e. The van der Waals surface area contributed by atoms with E-state index in [1.165, 1.54) is 6.20 Å². The van der Waals surface area contributed by atoms with Crippen LogP contribution in [0.4, 0.5) is 5.82 Å². The van der Waals surface area contributed by atoms with Crippen molar-refractivity contribution in [1.29, 1.82) is 5.26 Å². The van der Waals surface area contributed by atoms with Crippen molar-refractivity contribution in [2.24, 2.45) is 0 Å². The number of hydrogen-bond donors (Lipinski definition) is 1. The van der Waals surface area contributed by atoms with E-state index in [1.807, 2.05) is 6.07 Å². The Morgan fingerprint density at radius 1 is 1.62 bits per heavy atom. The molecule has 13 heavy (non-hydrogen) atoms. The van der Waals surface area contributed by atoms with Gasteiger partial charge in [-0.25, -0.2) is 4.98 Å². The SMILES string of the molecule is N#Cc1cnc(N)c(OC2CC2)c1. The van der Waals surface area contributed by atoms with Gasteiger partial charge in [-0.3, -0.25) is 0 Å². The van der Waals surface area contributed by atoms with Crippen molar-refractivity contribution in [2.75, 3.05) is 5.73 Å². The van der Waals surface area contributed by atoms with Crippen molar-refractivity contribution in [1.82, 2.24) is 4.98 Å². The van der Waals surface area contributed by atoms with E-state index in [2.05, 4.69) is 4.98 Å². The number of rotatable bonds is 2. The summed E-state index contributed by atoms with van der Waals surface area (Å²) in [6, 6.07) is 3.62. The second-order valence-electron chi connectivity index (χ2n) is 3.04. The maximum atomic E-state index is 8.62. The second kappa shape index (κ2) is 2.94. The van der Waals surface area contributed by atoms with E-state index in [1.54, 1.807) is 6.07 Å². The summed E-state index contributed by atoms with van der Waals surface area (Å²) in [6.45, 7) is 0. The van der Waals surface area contributed by atoms with Crippen LogP contribution in [0.2, 0.25) is 0 Å². The lowest BCUT2D eigenvalue weighted by Crippen LogP contribution is -2.01. The van der Waals surface area contributed by atoms with Crippen LogP contribution in [-0.4, -0.2) is 11.1 Å². The van der Waals surface area contributed by atoms with Crippen molar-refractivity contribution in [3.63, 3.8) is 0 Å². The van der Waals surface area contributed by atoms with Crippen LogP contribution in [0.5, 0.6) is 5.75 Å². The van der Waals surface area contributed by atoms with Crippen LogP contribution in [0.3, 0.4) is 0 Å². The minimum absolute atomic E-state index is 0.276. The number of nitriles is 1. The van der Waals surface area contributed by atoms with Crippen LogP contribution < -0.4 is 10.5 Å². The molecule has 0 aromatic carbocycles. The fourth-order valence-corrected chi connectivity index (χ4v) is 0.976. The Hall–Kier alpha value is -1.76. The molecular formula is C9H9N3O. The Balaban J connectivity index is 2.25. The molecule has 0 radical (unpaired) electrons. The summed E-state index contributed by atoms with van der Waals surface area (Å²) < 4.78 is 5.46. The molecular weight excluding hydrogens is 166 g/mol. The number of aromatic nitrogens is 1. The van der Waals surface area contributed by atoms with Gasteiger partial charge in [0.25, 0.3) is 0 Å². The number of anilines is 1. The highest BCUT2D eigenvalue weighted by Crippen LogP contribution is 2.29. The van der Waals surface area contributed by atoms with Crippen molar-refractivity contribution in [3.8, 4) is 11.8 Å². The summed E-state index contributed by atoms with van der Waals surface area (Å²) in [5.41, 5.74) is 6.05. The number of hydrogen-bond acceptors (Lipinski definition) is 4. The van der Waals surface area contributed by atoms with Gasteiger partial charge in [-0.15, -0.1) is 0 Å². The Labute approximate surface area is 76.0 Å². The lowest BCUT2D eigenvalue weighted by molar-refractivity contribution is 0.304. The number of ether oxygens (including phenoxy) is 1. The first-order valence-electron chi connectivity index (χ1n) is 4.12. The average molecular weight is 175 g/mol. The van der Waals surface area contributed by atoms with Gasteiger partial charge in [0.05, 0.1) is 11.7 Å². The fraction of sp³-hybridized carbons (Fsp3) is 0.333. The van der Waals surface area contributed by atoms with Gasteiger partial charge in [0.2, 0.25) is 0 Å². The Morgan fingerprint density at radius 3 is 3.00 bits per heavy atom. The second-order valence-corrected chi connectivity index (χ2v) is 3.04. The Morgan fingerprint density at radius 2 is 2.38 bits per heavy atom. The van der Waals surface area contributed by atoms with E-state index < -0.39 is 0 Å². The number of nitrogens with two attached hydrogens (primary N) is 1. The molecule has 1 aromatic heterocycles. The zero-order valence-corrected chi connectivity index (χ0v) is 7.03. The van der Waals surface area contributed by atoms with Crippen LogP contribution in [0, 0.1) is 11.3 Å². The highest BCUT2D eigenvalue weighted by atomic mass is 16.5. The first kappa shape index (κ1) is 7.87. The molecule has 0 bridgehead atoms. The van der Waals surface area contributed by atoms with Crippen molar-refractivity contribution in [3.05, 3.63) is 17.8 Å². The quantitative estimate of drug-likeness (QED) is 0.729. The summed E-state index contributed by atoms with van der Waals surface area (Å²) in [6.07, 6.45) is 3.85. The van der Waals surface area contributed by atoms with E-state index in [9.17, 15) is 0 Å². The predicted molar refractivity (Wildman–Crippen MR) is 47.0 cm³/mol. The standard InChI is InChI=1S/C9H9N3O/c10-4-6-3-8(9(11)12-5-6)13-7-1-2-7/h3,5,7H,1-2H2,(H2,11,12). The van der Waals surface area contributed by atoms with Gasteiger partial charge in [-0.2, -0.15) is 5.26 Å². The van der Waals surface area contributed by atoms with Crippen LogP contribution in [0.25, 0.3) is 0 Å². The third kappa shape index (κ3) is 1.70. The zero-order valence-electron chi connectivity index (χ0n) is 7.03. The van der Waals surface area contributed by atoms with Gasteiger partial charge in [0.1, 0.15) is 6.07 Å². The third-order valence-electron chi connectivity index (χ3n) is 1.83. The Bertz CT molecular complexity index is 366. The number of nitrogens with zero attached hydrogens (tertiary/aromatic N) is 2. The normalized spacial score (nSPS) is 15.0. The maximum Gasteiger partial charge on any atom is 0.166 e. The average Bonchev–Trinajstić information content (AvgIpc) is 2.93. The molecule has 66 valence electrons. The van der Waals surface area contributed by atoms with Crippen molar-refractivity contribution >= 4 is 5.82 Å². The highest BCUT2D eigenvalue weighted by Gasteiger charge is 2.24. The van der Waals surface area contributed by atoms with Crippen LogP contribution in [0.1, 0.15) is 18.4 Å². The predicted octanol–water partition coefficient (Wildman–Crippen LogP) is 1.08. The van der Waals surface area contributed by atoms with Crippen LogP contribution in [0.15, 0.2) is 12.3 Å². The summed E-state index contributed by atoms with van der Waals surface area (Å²) in [5, 5.41) is 8.62. The molecule has 2 N–H and O–H groups in total. The largest absolute Gasteiger partial charge is 0.487 e. The molecule has 4 heteroatoms.